The Balaban J connectivity index is 3.29. The zero-order valence-electron chi connectivity index (χ0n) is 11.3. The summed E-state index contributed by atoms with van der Waals surface area (Å²) in [6.45, 7) is 13.4. The summed E-state index contributed by atoms with van der Waals surface area (Å²) < 4.78 is 0. The molecule has 0 aliphatic rings. The van der Waals surface area contributed by atoms with E-state index in [2.05, 4.69) is 41.5 Å². The van der Waals surface area contributed by atoms with E-state index in [0.717, 1.165) is 5.56 Å². The maximum Gasteiger partial charge on any atom is 0.119 e. The van der Waals surface area contributed by atoms with Crippen molar-refractivity contribution >= 4 is 0 Å². The molecule has 0 bridgehead atoms. The lowest BCUT2D eigenvalue weighted by atomic mass is 9.63. The van der Waals surface area contributed by atoms with Gasteiger partial charge in [0.2, 0.25) is 0 Å². The van der Waals surface area contributed by atoms with Crippen molar-refractivity contribution in [1.82, 2.24) is 0 Å². The average Bonchev–Trinajstić information content (AvgIpc) is 2.03. The van der Waals surface area contributed by atoms with Crippen LogP contribution in [-0.2, 0) is 0 Å². The first-order chi connectivity index (χ1) is 7.14. The van der Waals surface area contributed by atoms with Crippen LogP contribution in [0.25, 0.3) is 0 Å². The number of rotatable bonds is 1. The van der Waals surface area contributed by atoms with E-state index in [4.69, 9.17) is 0 Å². The molecule has 16 heavy (non-hydrogen) atoms. The molecule has 90 valence electrons. The standard InChI is InChI=1S/C15H24O/c1-14(2,3)13(15(4,5)6)11-9-7-8-10-12(11)16/h7-10,13,16H,1-6H3. The molecule has 0 heterocycles. The Hall–Kier alpha value is -0.980. The van der Waals surface area contributed by atoms with Gasteiger partial charge in [-0.15, -0.1) is 0 Å². The van der Waals surface area contributed by atoms with Crippen LogP contribution in [0.15, 0.2) is 24.3 Å². The Morgan fingerprint density at radius 3 is 1.69 bits per heavy atom. The zero-order valence-corrected chi connectivity index (χ0v) is 11.3. The van der Waals surface area contributed by atoms with Crippen LogP contribution in [0, 0.1) is 10.8 Å². The van der Waals surface area contributed by atoms with E-state index in [-0.39, 0.29) is 10.8 Å². The van der Waals surface area contributed by atoms with E-state index in [1.807, 2.05) is 18.2 Å². The molecule has 1 nitrogen and oxygen atoms in total. The van der Waals surface area contributed by atoms with Gasteiger partial charge < -0.3 is 5.11 Å². The number of benzene rings is 1. The van der Waals surface area contributed by atoms with E-state index in [9.17, 15) is 5.11 Å². The molecular weight excluding hydrogens is 196 g/mol. The van der Waals surface area contributed by atoms with E-state index in [0.29, 0.717) is 11.7 Å². The van der Waals surface area contributed by atoms with Gasteiger partial charge in [-0.05, 0) is 28.4 Å². The van der Waals surface area contributed by atoms with Crippen LogP contribution in [0.5, 0.6) is 5.75 Å². The van der Waals surface area contributed by atoms with Crippen LogP contribution < -0.4 is 0 Å². The molecule has 0 aromatic heterocycles. The third-order valence-electron chi connectivity index (χ3n) is 2.98. The van der Waals surface area contributed by atoms with Crippen LogP contribution in [0.3, 0.4) is 0 Å². The third kappa shape index (κ3) is 2.78. The number of hydrogen-bond donors (Lipinski definition) is 1. The SMILES string of the molecule is CC(C)(C)C(c1ccccc1O)C(C)(C)C. The van der Waals surface area contributed by atoms with Gasteiger partial charge in [0.15, 0.2) is 0 Å². The number of para-hydroxylation sites is 1. The summed E-state index contributed by atoms with van der Waals surface area (Å²) >= 11 is 0. The second-order valence-corrected chi connectivity index (χ2v) is 6.72. The highest BCUT2D eigenvalue weighted by molar-refractivity contribution is 5.37. The van der Waals surface area contributed by atoms with Gasteiger partial charge in [0.05, 0.1) is 0 Å². The first-order valence-corrected chi connectivity index (χ1v) is 5.92. The van der Waals surface area contributed by atoms with Gasteiger partial charge in [0.25, 0.3) is 0 Å². The highest BCUT2D eigenvalue weighted by Gasteiger charge is 2.37. The van der Waals surface area contributed by atoms with Crippen molar-refractivity contribution in [2.24, 2.45) is 10.8 Å². The van der Waals surface area contributed by atoms with Gasteiger partial charge in [-0.3, -0.25) is 0 Å². The molecular formula is C15H24O. The van der Waals surface area contributed by atoms with Crippen molar-refractivity contribution in [2.45, 2.75) is 47.5 Å². The van der Waals surface area contributed by atoms with Crippen LogP contribution >= 0.6 is 0 Å². The molecule has 0 radical (unpaired) electrons. The fraction of sp³-hybridized carbons (Fsp3) is 0.600. The Labute approximate surface area is 99.5 Å². The second kappa shape index (κ2) is 4.12. The summed E-state index contributed by atoms with van der Waals surface area (Å²) in [5.74, 6) is 0.749. The molecule has 0 atom stereocenters. The maximum absolute atomic E-state index is 10.0. The normalized spacial score (nSPS) is 13.2. The quantitative estimate of drug-likeness (QED) is 0.735. The Kier molecular flexibility index (Phi) is 3.37. The second-order valence-electron chi connectivity index (χ2n) is 6.72. The summed E-state index contributed by atoms with van der Waals surface area (Å²) in [5, 5.41) is 10.0. The highest BCUT2D eigenvalue weighted by atomic mass is 16.3. The summed E-state index contributed by atoms with van der Waals surface area (Å²) in [7, 11) is 0. The highest BCUT2D eigenvalue weighted by Crippen LogP contribution is 2.49. The van der Waals surface area contributed by atoms with E-state index < -0.39 is 0 Å². The van der Waals surface area contributed by atoms with Gasteiger partial charge in [0.1, 0.15) is 5.75 Å². The van der Waals surface area contributed by atoms with Gasteiger partial charge in [-0.1, -0.05) is 59.7 Å². The smallest absolute Gasteiger partial charge is 0.119 e. The number of hydrogen-bond acceptors (Lipinski definition) is 1. The van der Waals surface area contributed by atoms with Crippen molar-refractivity contribution in [3.63, 3.8) is 0 Å². The summed E-state index contributed by atoms with van der Waals surface area (Å²) in [5.41, 5.74) is 1.33. The van der Waals surface area contributed by atoms with Gasteiger partial charge in [-0.2, -0.15) is 0 Å². The summed E-state index contributed by atoms with van der Waals surface area (Å²) in [6, 6.07) is 7.69. The van der Waals surface area contributed by atoms with Crippen molar-refractivity contribution in [3.8, 4) is 5.75 Å². The summed E-state index contributed by atoms with van der Waals surface area (Å²) in [6.07, 6.45) is 0. The minimum Gasteiger partial charge on any atom is -0.508 e. The van der Waals surface area contributed by atoms with E-state index >= 15 is 0 Å². The fourth-order valence-electron chi connectivity index (χ4n) is 2.96. The first kappa shape index (κ1) is 13.1. The molecule has 0 fully saturated rings. The molecule has 0 aliphatic heterocycles. The molecule has 0 saturated heterocycles. The lowest BCUT2D eigenvalue weighted by Crippen LogP contribution is -2.30. The van der Waals surface area contributed by atoms with Crippen molar-refractivity contribution < 1.29 is 5.11 Å². The molecule has 1 aromatic rings. The van der Waals surface area contributed by atoms with Crippen LogP contribution in [-0.4, -0.2) is 5.11 Å². The van der Waals surface area contributed by atoms with Crippen molar-refractivity contribution in [1.29, 1.82) is 0 Å². The van der Waals surface area contributed by atoms with Crippen LogP contribution in [0.2, 0.25) is 0 Å². The van der Waals surface area contributed by atoms with Gasteiger partial charge in [-0.25, -0.2) is 0 Å². The first-order valence-electron chi connectivity index (χ1n) is 5.92. The third-order valence-corrected chi connectivity index (χ3v) is 2.98. The lowest BCUT2D eigenvalue weighted by molar-refractivity contribution is 0.172. The van der Waals surface area contributed by atoms with Gasteiger partial charge in [0, 0.05) is 0 Å². The number of phenols is 1. The number of phenolic OH excluding ortho intramolecular Hbond substituents is 1. The summed E-state index contributed by atoms with van der Waals surface area (Å²) in [4.78, 5) is 0. The van der Waals surface area contributed by atoms with Crippen LogP contribution in [0.4, 0.5) is 0 Å². The zero-order chi connectivity index (χ0) is 12.6. The molecule has 0 aliphatic carbocycles. The molecule has 0 saturated carbocycles. The minimum atomic E-state index is 0.136. The predicted molar refractivity (Wildman–Crippen MR) is 69.8 cm³/mol. The Morgan fingerprint density at radius 2 is 1.31 bits per heavy atom. The largest absolute Gasteiger partial charge is 0.508 e. The number of aromatic hydroxyl groups is 1. The monoisotopic (exact) mass is 220 g/mol. The molecule has 1 N–H and O–H groups in total. The van der Waals surface area contributed by atoms with Crippen molar-refractivity contribution in [2.75, 3.05) is 0 Å². The van der Waals surface area contributed by atoms with Crippen molar-refractivity contribution in [3.05, 3.63) is 29.8 Å². The van der Waals surface area contributed by atoms with Crippen LogP contribution in [0.1, 0.15) is 53.0 Å². The Bertz CT molecular complexity index is 338. The maximum atomic E-state index is 10.0. The molecule has 0 amide bonds. The fourth-order valence-corrected chi connectivity index (χ4v) is 2.96. The lowest BCUT2D eigenvalue weighted by Gasteiger charge is -2.41. The Morgan fingerprint density at radius 1 is 0.875 bits per heavy atom. The average molecular weight is 220 g/mol. The molecule has 1 heteroatoms. The van der Waals surface area contributed by atoms with E-state index in [1.165, 1.54) is 0 Å². The minimum absolute atomic E-state index is 0.136. The molecule has 0 spiro atoms. The molecule has 1 rings (SSSR count). The molecule has 0 unspecified atom stereocenters. The molecule has 1 aromatic carbocycles. The van der Waals surface area contributed by atoms with Gasteiger partial charge >= 0.3 is 0 Å². The topological polar surface area (TPSA) is 20.2 Å². The van der Waals surface area contributed by atoms with E-state index in [1.54, 1.807) is 6.07 Å². The predicted octanol–water partition coefficient (Wildman–Crippen LogP) is 4.57.